The Hall–Kier alpha value is -4.13. The second kappa shape index (κ2) is 7.71. The maximum absolute atomic E-state index is 5.92. The highest BCUT2D eigenvalue weighted by molar-refractivity contribution is 5.80. The van der Waals surface area contributed by atoms with E-state index in [-0.39, 0.29) is 0 Å². The van der Waals surface area contributed by atoms with Crippen molar-refractivity contribution in [3.8, 4) is 28.1 Å². The number of rotatable bonds is 5. The molecule has 1 aromatic carbocycles. The summed E-state index contributed by atoms with van der Waals surface area (Å²) in [6.45, 7) is 0.378. The van der Waals surface area contributed by atoms with Gasteiger partial charge in [-0.15, -0.1) is 5.10 Å². The Labute approximate surface area is 173 Å². The molecular formula is C23H18N6O. The fourth-order valence-corrected chi connectivity index (χ4v) is 3.31. The Morgan fingerprint density at radius 1 is 0.833 bits per heavy atom. The SMILES string of the molecule is [11CH3]n1cc(-c2ccncc2)c(-c2ccc(OCc3ccc4nnccc4n3)cc2)n1. The van der Waals surface area contributed by atoms with Gasteiger partial charge in [-0.05, 0) is 60.2 Å². The maximum Gasteiger partial charge on any atom is 0.130 e. The highest BCUT2D eigenvalue weighted by Gasteiger charge is 2.12. The van der Waals surface area contributed by atoms with Crippen LogP contribution < -0.4 is 4.74 Å². The number of ether oxygens (including phenoxy) is 1. The first-order valence-electron chi connectivity index (χ1n) is 9.51. The molecule has 0 N–H and O–H groups in total. The van der Waals surface area contributed by atoms with E-state index in [1.54, 1.807) is 18.6 Å². The third kappa shape index (κ3) is 3.60. The van der Waals surface area contributed by atoms with E-state index in [9.17, 15) is 0 Å². The van der Waals surface area contributed by atoms with Crippen molar-refractivity contribution in [3.63, 3.8) is 0 Å². The summed E-state index contributed by atoms with van der Waals surface area (Å²) in [5.74, 6) is 0.773. The van der Waals surface area contributed by atoms with Crippen LogP contribution >= 0.6 is 0 Å². The highest BCUT2D eigenvalue weighted by Crippen LogP contribution is 2.31. The zero-order chi connectivity index (χ0) is 20.3. The summed E-state index contributed by atoms with van der Waals surface area (Å²) in [5, 5.41) is 12.6. The molecule has 0 aliphatic rings. The summed E-state index contributed by atoms with van der Waals surface area (Å²) in [6, 6.07) is 17.6. The van der Waals surface area contributed by atoms with Crippen molar-refractivity contribution in [3.05, 3.63) is 85.1 Å². The van der Waals surface area contributed by atoms with Gasteiger partial charge in [-0.3, -0.25) is 9.67 Å². The smallest absolute Gasteiger partial charge is 0.130 e. The quantitative estimate of drug-likeness (QED) is 0.448. The molecule has 0 amide bonds. The van der Waals surface area contributed by atoms with Crippen LogP contribution in [0.3, 0.4) is 0 Å². The first kappa shape index (κ1) is 17.9. The van der Waals surface area contributed by atoms with E-state index in [4.69, 9.17) is 4.74 Å². The molecule has 0 bridgehead atoms. The van der Waals surface area contributed by atoms with Crippen molar-refractivity contribution in [1.29, 1.82) is 0 Å². The molecule has 0 saturated carbocycles. The van der Waals surface area contributed by atoms with Gasteiger partial charge in [0.2, 0.25) is 0 Å². The minimum atomic E-state index is 0.378. The standard InChI is InChI=1S/C23H18N6O/c1-29-14-20(16-8-11-24-12-9-16)23(28-29)17-2-5-19(6-3-17)30-15-18-4-7-22-21(26-18)10-13-25-27-22/h2-14H,15H2,1H3/i1-1. The number of pyridine rings is 2. The van der Waals surface area contributed by atoms with Gasteiger partial charge in [0.05, 0.1) is 17.4 Å². The fourth-order valence-electron chi connectivity index (χ4n) is 3.31. The molecule has 0 spiro atoms. The van der Waals surface area contributed by atoms with Crippen LogP contribution in [-0.4, -0.2) is 29.9 Å². The van der Waals surface area contributed by atoms with Crippen molar-refractivity contribution in [2.45, 2.75) is 6.61 Å². The molecule has 146 valence electrons. The van der Waals surface area contributed by atoms with Crippen LogP contribution in [0, 0.1) is 0 Å². The number of hydrogen-bond donors (Lipinski definition) is 0. The van der Waals surface area contributed by atoms with Gasteiger partial charge in [-0.1, -0.05) is 0 Å². The molecule has 0 radical (unpaired) electrons. The van der Waals surface area contributed by atoms with Gasteiger partial charge >= 0.3 is 0 Å². The predicted octanol–water partition coefficient (Wildman–Crippen LogP) is 4.07. The van der Waals surface area contributed by atoms with E-state index in [2.05, 4.69) is 25.3 Å². The average Bonchev–Trinajstić information content (AvgIpc) is 3.20. The van der Waals surface area contributed by atoms with Crippen molar-refractivity contribution in [2.75, 3.05) is 0 Å². The minimum Gasteiger partial charge on any atom is -0.487 e. The average molecular weight is 393 g/mol. The van der Waals surface area contributed by atoms with Crippen molar-refractivity contribution in [1.82, 2.24) is 29.9 Å². The van der Waals surface area contributed by atoms with Crippen LogP contribution in [0.2, 0.25) is 0 Å². The molecule has 30 heavy (non-hydrogen) atoms. The lowest BCUT2D eigenvalue weighted by Gasteiger charge is -2.08. The van der Waals surface area contributed by atoms with Crippen LogP contribution in [0.4, 0.5) is 0 Å². The second-order valence-electron chi connectivity index (χ2n) is 6.85. The fraction of sp³-hybridized carbons (Fsp3) is 0.0870. The third-order valence-corrected chi connectivity index (χ3v) is 4.76. The lowest BCUT2D eigenvalue weighted by Crippen LogP contribution is -1.99. The van der Waals surface area contributed by atoms with E-state index in [1.165, 1.54) is 0 Å². The molecule has 0 aliphatic carbocycles. The van der Waals surface area contributed by atoms with Gasteiger partial charge in [0.1, 0.15) is 23.6 Å². The number of benzene rings is 1. The minimum absolute atomic E-state index is 0.378. The Morgan fingerprint density at radius 3 is 2.50 bits per heavy atom. The first-order chi connectivity index (χ1) is 14.8. The monoisotopic (exact) mass is 393 g/mol. The van der Waals surface area contributed by atoms with Crippen LogP contribution in [-0.2, 0) is 13.7 Å². The normalized spacial score (nSPS) is 11.0. The molecule has 0 fully saturated rings. The van der Waals surface area contributed by atoms with E-state index in [0.29, 0.717) is 6.61 Å². The number of aromatic nitrogens is 6. The van der Waals surface area contributed by atoms with Crippen LogP contribution in [0.1, 0.15) is 5.69 Å². The van der Waals surface area contributed by atoms with Gasteiger partial charge in [0, 0.05) is 36.8 Å². The zero-order valence-corrected chi connectivity index (χ0v) is 16.3. The van der Waals surface area contributed by atoms with E-state index in [1.807, 2.05) is 72.5 Å². The molecule has 0 unspecified atom stereocenters. The van der Waals surface area contributed by atoms with Gasteiger partial charge in [-0.25, -0.2) is 4.98 Å². The predicted molar refractivity (Wildman–Crippen MR) is 114 cm³/mol. The molecule has 0 atom stereocenters. The van der Waals surface area contributed by atoms with Crippen molar-refractivity contribution in [2.24, 2.45) is 7.05 Å². The topological polar surface area (TPSA) is 78.6 Å². The largest absolute Gasteiger partial charge is 0.487 e. The molecule has 5 rings (SSSR count). The number of fused-ring (bicyclic) bond motifs is 1. The van der Waals surface area contributed by atoms with Crippen LogP contribution in [0.15, 0.2) is 79.4 Å². The van der Waals surface area contributed by atoms with Gasteiger partial charge in [-0.2, -0.15) is 10.2 Å². The number of hydrogen-bond acceptors (Lipinski definition) is 6. The first-order valence-corrected chi connectivity index (χ1v) is 9.51. The van der Waals surface area contributed by atoms with E-state index < -0.39 is 0 Å². The Kier molecular flexibility index (Phi) is 4.61. The molecule has 0 saturated heterocycles. The highest BCUT2D eigenvalue weighted by atomic mass is 16.5. The molecule has 7 heteroatoms. The summed E-state index contributed by atoms with van der Waals surface area (Å²) in [7, 11) is 1.92. The molecular weight excluding hydrogens is 375 g/mol. The van der Waals surface area contributed by atoms with Gasteiger partial charge < -0.3 is 4.74 Å². The van der Waals surface area contributed by atoms with Crippen LogP contribution in [0.5, 0.6) is 5.75 Å². The number of nitrogens with zero attached hydrogens (tertiary/aromatic N) is 6. The Balaban J connectivity index is 1.35. The van der Waals surface area contributed by atoms with Crippen molar-refractivity contribution < 1.29 is 4.74 Å². The van der Waals surface area contributed by atoms with E-state index in [0.717, 1.165) is 44.9 Å². The summed E-state index contributed by atoms with van der Waals surface area (Å²) >= 11 is 0. The Morgan fingerprint density at radius 2 is 1.67 bits per heavy atom. The number of aryl methyl sites for hydroxylation is 1. The molecule has 4 aromatic heterocycles. The molecule has 5 aromatic rings. The maximum atomic E-state index is 5.92. The summed E-state index contributed by atoms with van der Waals surface area (Å²) < 4.78 is 7.74. The van der Waals surface area contributed by atoms with Gasteiger partial charge in [0.15, 0.2) is 0 Å². The summed E-state index contributed by atoms with van der Waals surface area (Å²) in [6.07, 6.45) is 7.23. The summed E-state index contributed by atoms with van der Waals surface area (Å²) in [5.41, 5.74) is 6.51. The van der Waals surface area contributed by atoms with Crippen LogP contribution in [0.25, 0.3) is 33.4 Å². The zero-order valence-electron chi connectivity index (χ0n) is 16.3. The molecule has 0 aliphatic heterocycles. The van der Waals surface area contributed by atoms with Gasteiger partial charge in [0.25, 0.3) is 0 Å². The van der Waals surface area contributed by atoms with E-state index >= 15 is 0 Å². The second-order valence-corrected chi connectivity index (χ2v) is 6.85. The lowest BCUT2D eigenvalue weighted by atomic mass is 10.0. The third-order valence-electron chi connectivity index (χ3n) is 4.76. The summed E-state index contributed by atoms with van der Waals surface area (Å²) in [4.78, 5) is 8.66. The molecule has 7 nitrogen and oxygen atoms in total. The lowest BCUT2D eigenvalue weighted by molar-refractivity contribution is 0.302. The molecule has 4 heterocycles. The van der Waals surface area contributed by atoms with Crippen molar-refractivity contribution >= 4 is 11.0 Å². The Bertz CT molecular complexity index is 1300.